The molecule has 0 atom stereocenters. The van der Waals surface area contributed by atoms with E-state index in [0.29, 0.717) is 0 Å². The lowest BCUT2D eigenvalue weighted by molar-refractivity contribution is -0.114. The van der Waals surface area contributed by atoms with Crippen molar-refractivity contribution in [2.24, 2.45) is 0 Å². The molecule has 1 rings (SSSR count). The minimum atomic E-state index is -4.07. The molecule has 0 aliphatic rings. The topological polar surface area (TPSA) is 95.5 Å². The average molecular weight is 304 g/mol. The zero-order valence-corrected chi connectivity index (χ0v) is 12.2. The van der Waals surface area contributed by atoms with Crippen LogP contribution in [0.25, 0.3) is 0 Å². The van der Waals surface area contributed by atoms with Crippen LogP contribution in [0, 0.1) is 5.82 Å². The van der Waals surface area contributed by atoms with E-state index >= 15 is 0 Å². The van der Waals surface area contributed by atoms with Gasteiger partial charge < -0.3 is 10.4 Å². The highest BCUT2D eigenvalue weighted by Gasteiger charge is 2.22. The molecule has 1 aromatic carbocycles. The fourth-order valence-electron chi connectivity index (χ4n) is 1.35. The summed E-state index contributed by atoms with van der Waals surface area (Å²) in [5.74, 6) is -1.38. The smallest absolute Gasteiger partial charge is 0.243 e. The number of hydrogen-bond donors (Lipinski definition) is 3. The van der Waals surface area contributed by atoms with Crippen LogP contribution in [-0.2, 0) is 14.8 Å². The largest absolute Gasteiger partial charge is 0.389 e. The average Bonchev–Trinajstić information content (AvgIpc) is 2.24. The maximum Gasteiger partial charge on any atom is 0.243 e. The molecule has 0 bridgehead atoms. The Hall–Kier alpha value is -1.51. The Balaban J connectivity index is 2.99. The molecule has 0 aliphatic carbocycles. The van der Waals surface area contributed by atoms with Gasteiger partial charge in [0.05, 0.1) is 5.60 Å². The summed E-state index contributed by atoms with van der Waals surface area (Å²) >= 11 is 0. The maximum absolute atomic E-state index is 13.8. The lowest BCUT2D eigenvalue weighted by Crippen LogP contribution is -2.38. The number of halogens is 1. The molecular weight excluding hydrogens is 287 g/mol. The van der Waals surface area contributed by atoms with Crippen molar-refractivity contribution < 1.29 is 22.7 Å². The van der Waals surface area contributed by atoms with E-state index < -0.39 is 26.3 Å². The molecular formula is C12H17FN2O4S. The lowest BCUT2D eigenvalue weighted by atomic mass is 10.1. The van der Waals surface area contributed by atoms with Crippen LogP contribution in [0.1, 0.15) is 20.8 Å². The van der Waals surface area contributed by atoms with Gasteiger partial charge in [-0.15, -0.1) is 0 Å². The Morgan fingerprint density at radius 1 is 1.40 bits per heavy atom. The van der Waals surface area contributed by atoms with E-state index in [1.807, 2.05) is 0 Å². The number of aliphatic hydroxyl groups is 1. The number of hydrogen-bond acceptors (Lipinski definition) is 4. The van der Waals surface area contributed by atoms with E-state index in [9.17, 15) is 22.7 Å². The molecule has 0 aromatic heterocycles. The number of carbonyl (C=O) groups excluding carboxylic acids is 1. The fraction of sp³-hybridized carbons (Fsp3) is 0.417. The second kappa shape index (κ2) is 5.86. The van der Waals surface area contributed by atoms with Gasteiger partial charge in [-0.2, -0.15) is 0 Å². The van der Waals surface area contributed by atoms with E-state index in [4.69, 9.17) is 0 Å². The summed E-state index contributed by atoms with van der Waals surface area (Å²) in [6.07, 6.45) is 0. The highest BCUT2D eigenvalue weighted by atomic mass is 32.2. The summed E-state index contributed by atoms with van der Waals surface area (Å²) in [4.78, 5) is 10.3. The van der Waals surface area contributed by atoms with Crippen LogP contribution >= 0.6 is 0 Å². The third kappa shape index (κ3) is 4.87. The molecule has 0 aliphatic heterocycles. The lowest BCUT2D eigenvalue weighted by Gasteiger charge is -2.18. The number of rotatable bonds is 5. The minimum Gasteiger partial charge on any atom is -0.389 e. The number of anilines is 1. The molecule has 0 saturated carbocycles. The van der Waals surface area contributed by atoms with Gasteiger partial charge in [0.15, 0.2) is 0 Å². The highest BCUT2D eigenvalue weighted by Crippen LogP contribution is 2.19. The summed E-state index contributed by atoms with van der Waals surface area (Å²) in [7, 11) is -4.07. The Morgan fingerprint density at radius 2 is 2.00 bits per heavy atom. The Labute approximate surface area is 117 Å². The normalized spacial score (nSPS) is 12.2. The van der Waals surface area contributed by atoms with E-state index in [2.05, 4.69) is 10.0 Å². The molecule has 6 nitrogen and oxygen atoms in total. The van der Waals surface area contributed by atoms with Gasteiger partial charge in [0, 0.05) is 19.2 Å². The molecule has 1 aromatic rings. The minimum absolute atomic E-state index is 0.163. The monoisotopic (exact) mass is 304 g/mol. The number of carbonyl (C=O) groups is 1. The first-order chi connectivity index (χ1) is 9.01. The Morgan fingerprint density at radius 3 is 2.45 bits per heavy atom. The molecule has 112 valence electrons. The predicted molar refractivity (Wildman–Crippen MR) is 72.2 cm³/mol. The summed E-state index contributed by atoms with van der Waals surface area (Å²) < 4.78 is 39.7. The second-order valence-electron chi connectivity index (χ2n) is 4.96. The summed E-state index contributed by atoms with van der Waals surface area (Å²) in [5.41, 5.74) is -1.09. The van der Waals surface area contributed by atoms with E-state index in [-0.39, 0.29) is 18.1 Å². The first-order valence-corrected chi connectivity index (χ1v) is 7.29. The molecule has 8 heteroatoms. The maximum atomic E-state index is 13.8. The molecule has 3 N–H and O–H groups in total. The molecule has 20 heavy (non-hydrogen) atoms. The predicted octanol–water partition coefficient (Wildman–Crippen LogP) is 0.833. The summed E-state index contributed by atoms with van der Waals surface area (Å²) in [6.45, 7) is 3.85. The molecule has 0 fully saturated rings. The van der Waals surface area contributed by atoms with E-state index in [1.165, 1.54) is 26.8 Å². The van der Waals surface area contributed by atoms with Gasteiger partial charge in [0.2, 0.25) is 15.9 Å². The van der Waals surface area contributed by atoms with Crippen LogP contribution in [0.5, 0.6) is 0 Å². The van der Waals surface area contributed by atoms with Gasteiger partial charge >= 0.3 is 0 Å². The molecule has 1 amide bonds. The van der Waals surface area contributed by atoms with Crippen molar-refractivity contribution in [1.82, 2.24) is 4.72 Å². The third-order valence-corrected chi connectivity index (χ3v) is 3.67. The first-order valence-electron chi connectivity index (χ1n) is 5.80. The molecule has 0 saturated heterocycles. The van der Waals surface area contributed by atoms with Crippen molar-refractivity contribution in [1.29, 1.82) is 0 Å². The van der Waals surface area contributed by atoms with Crippen LogP contribution in [0.4, 0.5) is 10.1 Å². The van der Waals surface area contributed by atoms with Crippen molar-refractivity contribution in [3.63, 3.8) is 0 Å². The molecule has 0 unspecified atom stereocenters. The summed E-state index contributed by atoms with van der Waals surface area (Å²) in [6, 6.07) is 3.25. The van der Waals surface area contributed by atoms with Gasteiger partial charge in [-0.1, -0.05) is 0 Å². The number of benzene rings is 1. The number of nitrogens with one attached hydrogen (secondary N) is 2. The highest BCUT2D eigenvalue weighted by molar-refractivity contribution is 7.89. The Kier molecular flexibility index (Phi) is 4.85. The van der Waals surface area contributed by atoms with Gasteiger partial charge in [-0.3, -0.25) is 4.79 Å². The fourth-order valence-corrected chi connectivity index (χ4v) is 2.61. The number of amides is 1. The van der Waals surface area contributed by atoms with Crippen molar-refractivity contribution in [3.8, 4) is 0 Å². The van der Waals surface area contributed by atoms with Crippen LogP contribution in [0.2, 0.25) is 0 Å². The van der Waals surface area contributed by atoms with Crippen LogP contribution < -0.4 is 10.0 Å². The van der Waals surface area contributed by atoms with E-state index in [0.717, 1.165) is 12.1 Å². The van der Waals surface area contributed by atoms with Gasteiger partial charge in [0.1, 0.15) is 10.7 Å². The third-order valence-electron chi connectivity index (χ3n) is 2.24. The molecule has 0 heterocycles. The van der Waals surface area contributed by atoms with Crippen LogP contribution in [-0.4, -0.2) is 31.6 Å². The van der Waals surface area contributed by atoms with Crippen molar-refractivity contribution >= 4 is 21.6 Å². The summed E-state index contributed by atoms with van der Waals surface area (Å²) in [5, 5.41) is 11.8. The zero-order valence-electron chi connectivity index (χ0n) is 11.4. The van der Waals surface area contributed by atoms with Crippen molar-refractivity contribution in [3.05, 3.63) is 24.0 Å². The molecule has 0 spiro atoms. The van der Waals surface area contributed by atoms with Gasteiger partial charge in [0.25, 0.3) is 0 Å². The SMILES string of the molecule is CC(=O)Nc1ccc(S(=O)(=O)NCC(C)(C)O)c(F)c1. The zero-order chi connectivity index (χ0) is 15.6. The van der Waals surface area contributed by atoms with Gasteiger partial charge in [-0.25, -0.2) is 17.5 Å². The first kappa shape index (κ1) is 16.5. The van der Waals surface area contributed by atoms with Gasteiger partial charge in [-0.05, 0) is 32.0 Å². The standard InChI is InChI=1S/C12H17FN2O4S/c1-8(16)15-9-4-5-11(10(13)6-9)20(18,19)14-7-12(2,3)17/h4-6,14,17H,7H2,1-3H3,(H,15,16). The number of sulfonamides is 1. The Bertz CT molecular complexity index is 608. The second-order valence-corrected chi connectivity index (χ2v) is 6.70. The van der Waals surface area contributed by atoms with Crippen LogP contribution in [0.15, 0.2) is 23.1 Å². The van der Waals surface area contributed by atoms with Crippen molar-refractivity contribution in [2.75, 3.05) is 11.9 Å². The van der Waals surface area contributed by atoms with Crippen LogP contribution in [0.3, 0.4) is 0 Å². The van der Waals surface area contributed by atoms with Crippen molar-refractivity contribution in [2.45, 2.75) is 31.3 Å². The van der Waals surface area contributed by atoms with E-state index in [1.54, 1.807) is 0 Å². The quantitative estimate of drug-likeness (QED) is 0.751. The molecule has 0 radical (unpaired) electrons.